The molecule has 0 fully saturated rings. The maximum atomic E-state index is 11.8. The molecule has 0 radical (unpaired) electrons. The molecule has 0 saturated carbocycles. The molecule has 0 spiro atoms. The summed E-state index contributed by atoms with van der Waals surface area (Å²) in [6, 6.07) is 5.25. The summed E-state index contributed by atoms with van der Waals surface area (Å²) in [6.07, 6.45) is 1.26. The fourth-order valence-electron chi connectivity index (χ4n) is 1.59. The molecule has 2 aromatic heterocycles. The quantitative estimate of drug-likeness (QED) is 0.832. The Morgan fingerprint density at radius 3 is 2.78 bits per heavy atom. The molecule has 6 nitrogen and oxygen atoms in total. The molecule has 0 atom stereocenters. The molecule has 0 bridgehead atoms. The second kappa shape index (κ2) is 4.79. The second-order valence-corrected chi connectivity index (χ2v) is 3.76. The highest BCUT2D eigenvalue weighted by Gasteiger charge is 2.12. The van der Waals surface area contributed by atoms with E-state index in [0.29, 0.717) is 17.2 Å². The number of nitrogens with zero attached hydrogens (tertiary/aromatic N) is 2. The third-order valence-corrected chi connectivity index (χ3v) is 2.46. The van der Waals surface area contributed by atoms with Crippen molar-refractivity contribution in [3.05, 3.63) is 46.0 Å². The van der Waals surface area contributed by atoms with E-state index in [-0.39, 0.29) is 12.0 Å². The minimum Gasteiger partial charge on any atom is -0.481 e. The van der Waals surface area contributed by atoms with Gasteiger partial charge in [0.1, 0.15) is 5.69 Å². The van der Waals surface area contributed by atoms with Gasteiger partial charge < -0.3 is 10.1 Å². The van der Waals surface area contributed by atoms with Crippen molar-refractivity contribution in [3.8, 4) is 11.5 Å². The summed E-state index contributed by atoms with van der Waals surface area (Å²) in [5.41, 5.74) is 0.675. The van der Waals surface area contributed by atoms with Crippen LogP contribution >= 0.6 is 0 Å². The molecule has 92 valence electrons. The summed E-state index contributed by atoms with van der Waals surface area (Å²) < 4.78 is 0. The molecular formula is C12H11N3O3. The van der Waals surface area contributed by atoms with Gasteiger partial charge in [-0.15, -0.1) is 0 Å². The van der Waals surface area contributed by atoms with Crippen LogP contribution in [0.15, 0.2) is 29.2 Å². The Labute approximate surface area is 102 Å². The van der Waals surface area contributed by atoms with Crippen LogP contribution in [0.2, 0.25) is 0 Å². The highest BCUT2D eigenvalue weighted by atomic mass is 16.4. The van der Waals surface area contributed by atoms with Gasteiger partial charge in [0, 0.05) is 17.5 Å². The third-order valence-electron chi connectivity index (χ3n) is 2.46. The normalized spacial score (nSPS) is 10.3. The van der Waals surface area contributed by atoms with E-state index in [4.69, 9.17) is 5.11 Å². The van der Waals surface area contributed by atoms with Gasteiger partial charge in [-0.25, -0.2) is 4.98 Å². The number of carboxylic acid groups (broad SMARTS) is 1. The van der Waals surface area contributed by atoms with E-state index in [1.165, 1.54) is 0 Å². The van der Waals surface area contributed by atoms with E-state index < -0.39 is 11.5 Å². The van der Waals surface area contributed by atoms with Crippen LogP contribution in [0.1, 0.15) is 11.3 Å². The number of aryl methyl sites for hydroxylation is 1. The van der Waals surface area contributed by atoms with Gasteiger partial charge in [0.15, 0.2) is 5.82 Å². The summed E-state index contributed by atoms with van der Waals surface area (Å²) in [4.78, 5) is 33.2. The summed E-state index contributed by atoms with van der Waals surface area (Å²) in [5.74, 6) is -0.719. The molecule has 2 aromatic rings. The zero-order valence-corrected chi connectivity index (χ0v) is 9.67. The zero-order chi connectivity index (χ0) is 13.1. The van der Waals surface area contributed by atoms with Crippen LogP contribution < -0.4 is 5.56 Å². The number of aromatic amines is 1. The van der Waals surface area contributed by atoms with E-state index in [2.05, 4.69) is 15.0 Å². The maximum absolute atomic E-state index is 11.8. The average Bonchev–Trinajstić information content (AvgIpc) is 2.34. The first kappa shape index (κ1) is 12.0. The Hall–Kier alpha value is -2.50. The van der Waals surface area contributed by atoms with Crippen molar-refractivity contribution in [3.63, 3.8) is 0 Å². The Morgan fingerprint density at radius 2 is 2.22 bits per heavy atom. The van der Waals surface area contributed by atoms with E-state index >= 15 is 0 Å². The number of pyridine rings is 1. The number of hydrogen-bond acceptors (Lipinski definition) is 4. The standard InChI is InChI=1S/C12H11N3O3/c1-7-8(6-10(16)17)12(18)15-11(14-7)9-4-2-3-5-13-9/h2-5H,6H2,1H3,(H,16,17)(H,14,15,18). The Morgan fingerprint density at radius 1 is 1.44 bits per heavy atom. The van der Waals surface area contributed by atoms with Crippen molar-refractivity contribution in [2.24, 2.45) is 0 Å². The van der Waals surface area contributed by atoms with Gasteiger partial charge in [0.25, 0.3) is 5.56 Å². The predicted octanol–water partition coefficient (Wildman–Crippen LogP) is 0.767. The van der Waals surface area contributed by atoms with Gasteiger partial charge in [-0.3, -0.25) is 14.6 Å². The summed E-state index contributed by atoms with van der Waals surface area (Å²) in [6.45, 7) is 1.61. The van der Waals surface area contributed by atoms with Crippen molar-refractivity contribution in [2.75, 3.05) is 0 Å². The first-order valence-corrected chi connectivity index (χ1v) is 5.31. The first-order chi connectivity index (χ1) is 8.58. The monoisotopic (exact) mass is 245 g/mol. The molecule has 2 N–H and O–H groups in total. The topological polar surface area (TPSA) is 95.9 Å². The predicted molar refractivity (Wildman–Crippen MR) is 64.2 cm³/mol. The number of rotatable bonds is 3. The number of aliphatic carboxylic acids is 1. The van der Waals surface area contributed by atoms with E-state index in [0.717, 1.165) is 0 Å². The van der Waals surface area contributed by atoms with Gasteiger partial charge in [-0.2, -0.15) is 0 Å². The smallest absolute Gasteiger partial charge is 0.308 e. The first-order valence-electron chi connectivity index (χ1n) is 5.31. The largest absolute Gasteiger partial charge is 0.481 e. The van der Waals surface area contributed by atoms with Crippen LogP contribution in [0.25, 0.3) is 11.5 Å². The summed E-state index contributed by atoms with van der Waals surface area (Å²) in [5, 5.41) is 8.71. The highest BCUT2D eigenvalue weighted by Crippen LogP contribution is 2.10. The summed E-state index contributed by atoms with van der Waals surface area (Å²) in [7, 11) is 0. The average molecular weight is 245 g/mol. The lowest BCUT2D eigenvalue weighted by molar-refractivity contribution is -0.136. The SMILES string of the molecule is Cc1nc(-c2ccccn2)[nH]c(=O)c1CC(=O)O. The number of carbonyl (C=O) groups is 1. The Balaban J connectivity index is 2.49. The molecule has 0 aliphatic heterocycles. The molecule has 0 amide bonds. The Kier molecular flexibility index (Phi) is 3.18. The molecule has 0 aromatic carbocycles. The van der Waals surface area contributed by atoms with Crippen LogP contribution in [0.3, 0.4) is 0 Å². The van der Waals surface area contributed by atoms with Gasteiger partial charge in [0.2, 0.25) is 0 Å². The van der Waals surface area contributed by atoms with Crippen molar-refractivity contribution in [2.45, 2.75) is 13.3 Å². The molecule has 0 aliphatic rings. The Bertz CT molecular complexity index is 635. The fourth-order valence-corrected chi connectivity index (χ4v) is 1.59. The number of aromatic nitrogens is 3. The van der Waals surface area contributed by atoms with E-state index in [1.54, 1.807) is 31.3 Å². The van der Waals surface area contributed by atoms with Crippen LogP contribution in [0, 0.1) is 6.92 Å². The van der Waals surface area contributed by atoms with Crippen LogP contribution in [0.4, 0.5) is 0 Å². The fraction of sp³-hybridized carbons (Fsp3) is 0.167. The minimum absolute atomic E-state index is 0.169. The van der Waals surface area contributed by atoms with Crippen LogP contribution in [0.5, 0.6) is 0 Å². The molecule has 2 heterocycles. The van der Waals surface area contributed by atoms with Crippen molar-refractivity contribution in [1.82, 2.24) is 15.0 Å². The highest BCUT2D eigenvalue weighted by molar-refractivity contribution is 5.70. The minimum atomic E-state index is -1.06. The number of nitrogens with one attached hydrogen (secondary N) is 1. The van der Waals surface area contributed by atoms with Gasteiger partial charge in [-0.05, 0) is 19.1 Å². The van der Waals surface area contributed by atoms with E-state index in [9.17, 15) is 9.59 Å². The van der Waals surface area contributed by atoms with Crippen molar-refractivity contribution in [1.29, 1.82) is 0 Å². The molecule has 6 heteroatoms. The van der Waals surface area contributed by atoms with Gasteiger partial charge >= 0.3 is 5.97 Å². The van der Waals surface area contributed by atoms with E-state index in [1.807, 2.05) is 0 Å². The lowest BCUT2D eigenvalue weighted by atomic mass is 10.1. The van der Waals surface area contributed by atoms with Gasteiger partial charge in [-0.1, -0.05) is 6.07 Å². The van der Waals surface area contributed by atoms with Crippen LogP contribution in [-0.4, -0.2) is 26.0 Å². The number of H-pyrrole nitrogens is 1. The van der Waals surface area contributed by atoms with Crippen LogP contribution in [-0.2, 0) is 11.2 Å². The lowest BCUT2D eigenvalue weighted by Gasteiger charge is -2.04. The molecular weight excluding hydrogens is 234 g/mol. The van der Waals surface area contributed by atoms with Crippen molar-refractivity contribution < 1.29 is 9.90 Å². The molecule has 0 aliphatic carbocycles. The lowest BCUT2D eigenvalue weighted by Crippen LogP contribution is -2.20. The molecule has 2 rings (SSSR count). The number of hydrogen-bond donors (Lipinski definition) is 2. The third kappa shape index (κ3) is 2.42. The number of carboxylic acids is 1. The molecule has 0 saturated heterocycles. The summed E-state index contributed by atoms with van der Waals surface area (Å²) >= 11 is 0. The maximum Gasteiger partial charge on any atom is 0.308 e. The zero-order valence-electron chi connectivity index (χ0n) is 9.67. The van der Waals surface area contributed by atoms with Gasteiger partial charge in [0.05, 0.1) is 6.42 Å². The molecule has 0 unspecified atom stereocenters. The van der Waals surface area contributed by atoms with Crippen molar-refractivity contribution >= 4 is 5.97 Å². The molecule has 18 heavy (non-hydrogen) atoms. The second-order valence-electron chi connectivity index (χ2n) is 3.76.